The van der Waals surface area contributed by atoms with E-state index in [0.717, 1.165) is 30.8 Å². The van der Waals surface area contributed by atoms with E-state index in [1.807, 2.05) is 18.2 Å². The second-order valence-corrected chi connectivity index (χ2v) is 5.45. The van der Waals surface area contributed by atoms with Crippen molar-refractivity contribution >= 4 is 6.09 Å². The summed E-state index contributed by atoms with van der Waals surface area (Å²) in [6.45, 7) is 3.88. The van der Waals surface area contributed by atoms with Gasteiger partial charge in [-0.25, -0.2) is 4.79 Å². The zero-order chi connectivity index (χ0) is 13.9. The Labute approximate surface area is 118 Å². The highest BCUT2D eigenvalue weighted by Crippen LogP contribution is 2.28. The molecule has 20 heavy (non-hydrogen) atoms. The molecule has 1 fully saturated rings. The lowest BCUT2D eigenvalue weighted by Gasteiger charge is -2.28. The second kappa shape index (κ2) is 5.71. The Balaban J connectivity index is 1.70. The van der Waals surface area contributed by atoms with Gasteiger partial charge >= 0.3 is 6.09 Å². The molecule has 1 saturated heterocycles. The number of rotatable bonds is 3. The van der Waals surface area contributed by atoms with Gasteiger partial charge < -0.3 is 14.7 Å². The lowest BCUT2D eigenvalue weighted by molar-refractivity contribution is 0.136. The van der Waals surface area contributed by atoms with Gasteiger partial charge in [-0.15, -0.1) is 0 Å². The van der Waals surface area contributed by atoms with Crippen molar-refractivity contribution in [1.82, 2.24) is 9.80 Å². The van der Waals surface area contributed by atoms with Gasteiger partial charge in [0.25, 0.3) is 0 Å². The number of carboxylic acid groups (broad SMARTS) is 1. The first-order valence-electron chi connectivity index (χ1n) is 7.18. The first-order valence-corrected chi connectivity index (χ1v) is 7.18. The highest BCUT2D eigenvalue weighted by molar-refractivity contribution is 5.65. The van der Waals surface area contributed by atoms with Crippen LogP contribution in [0, 0.1) is 0 Å². The molecule has 1 N–H and O–H groups in total. The number of hydrogen-bond acceptors (Lipinski definition) is 3. The monoisotopic (exact) mass is 276 g/mol. The molecule has 0 radical (unpaired) electrons. The number of amides is 1. The van der Waals surface area contributed by atoms with Gasteiger partial charge in [0, 0.05) is 31.7 Å². The SMILES string of the molecule is O=C(O)N1CCc2c(cccc2OCN2CCCC2)C1. The topological polar surface area (TPSA) is 53.0 Å². The van der Waals surface area contributed by atoms with Crippen LogP contribution >= 0.6 is 0 Å². The molecule has 1 aromatic carbocycles. The number of hydrogen-bond donors (Lipinski definition) is 1. The van der Waals surface area contributed by atoms with E-state index >= 15 is 0 Å². The summed E-state index contributed by atoms with van der Waals surface area (Å²) >= 11 is 0. The summed E-state index contributed by atoms with van der Waals surface area (Å²) in [5.74, 6) is 0.916. The normalized spacial score (nSPS) is 18.9. The van der Waals surface area contributed by atoms with Gasteiger partial charge in [0.1, 0.15) is 12.5 Å². The third-order valence-corrected chi connectivity index (χ3v) is 4.09. The van der Waals surface area contributed by atoms with Crippen molar-refractivity contribution in [2.75, 3.05) is 26.4 Å². The summed E-state index contributed by atoms with van der Waals surface area (Å²) in [4.78, 5) is 14.8. The zero-order valence-electron chi connectivity index (χ0n) is 11.5. The molecule has 0 aromatic heterocycles. The van der Waals surface area contributed by atoms with Crippen molar-refractivity contribution < 1.29 is 14.6 Å². The van der Waals surface area contributed by atoms with Gasteiger partial charge in [-0.1, -0.05) is 12.1 Å². The fraction of sp³-hybridized carbons (Fsp3) is 0.533. The molecule has 1 amide bonds. The molecule has 0 saturated carbocycles. The van der Waals surface area contributed by atoms with Crippen molar-refractivity contribution in [1.29, 1.82) is 0 Å². The van der Waals surface area contributed by atoms with Crippen molar-refractivity contribution in [2.45, 2.75) is 25.8 Å². The van der Waals surface area contributed by atoms with Crippen LogP contribution in [0.4, 0.5) is 4.79 Å². The Morgan fingerprint density at radius 3 is 2.80 bits per heavy atom. The summed E-state index contributed by atoms with van der Waals surface area (Å²) in [5, 5.41) is 9.07. The first-order chi connectivity index (χ1) is 9.74. The smallest absolute Gasteiger partial charge is 0.407 e. The molecular formula is C15H20N2O3. The largest absolute Gasteiger partial charge is 0.478 e. The van der Waals surface area contributed by atoms with Crippen LogP contribution in [0.1, 0.15) is 24.0 Å². The van der Waals surface area contributed by atoms with E-state index in [1.54, 1.807) is 0 Å². The van der Waals surface area contributed by atoms with Crippen molar-refractivity contribution in [2.24, 2.45) is 0 Å². The van der Waals surface area contributed by atoms with E-state index in [1.165, 1.54) is 23.3 Å². The quantitative estimate of drug-likeness (QED) is 0.919. The van der Waals surface area contributed by atoms with Crippen molar-refractivity contribution in [3.8, 4) is 5.75 Å². The average molecular weight is 276 g/mol. The molecule has 5 heteroatoms. The van der Waals surface area contributed by atoms with Crippen LogP contribution in [0.15, 0.2) is 18.2 Å². The highest BCUT2D eigenvalue weighted by Gasteiger charge is 2.22. The van der Waals surface area contributed by atoms with Gasteiger partial charge in [0.15, 0.2) is 0 Å². The molecular weight excluding hydrogens is 256 g/mol. The lowest BCUT2D eigenvalue weighted by atomic mass is 9.99. The van der Waals surface area contributed by atoms with Gasteiger partial charge in [-0.05, 0) is 30.9 Å². The summed E-state index contributed by atoms with van der Waals surface area (Å²) in [6, 6.07) is 5.93. The van der Waals surface area contributed by atoms with Gasteiger partial charge in [-0.3, -0.25) is 4.90 Å². The third-order valence-electron chi connectivity index (χ3n) is 4.09. The van der Waals surface area contributed by atoms with Crippen LogP contribution in [0.3, 0.4) is 0 Å². The number of likely N-dealkylation sites (tertiary alicyclic amines) is 1. The molecule has 1 aromatic rings. The predicted molar refractivity (Wildman–Crippen MR) is 74.9 cm³/mol. The van der Waals surface area contributed by atoms with E-state index in [4.69, 9.17) is 9.84 Å². The Morgan fingerprint density at radius 2 is 2.05 bits per heavy atom. The molecule has 2 heterocycles. The molecule has 0 unspecified atom stereocenters. The van der Waals surface area contributed by atoms with Crippen LogP contribution in [0.5, 0.6) is 5.75 Å². The second-order valence-electron chi connectivity index (χ2n) is 5.45. The van der Waals surface area contributed by atoms with Crippen LogP contribution < -0.4 is 4.74 Å². The number of nitrogens with zero attached hydrogens (tertiary/aromatic N) is 2. The molecule has 0 atom stereocenters. The predicted octanol–water partition coefficient (Wildman–Crippen LogP) is 2.15. The van der Waals surface area contributed by atoms with E-state index < -0.39 is 6.09 Å². The number of ether oxygens (including phenoxy) is 1. The zero-order valence-corrected chi connectivity index (χ0v) is 11.5. The summed E-state index contributed by atoms with van der Waals surface area (Å²) < 4.78 is 5.94. The fourth-order valence-corrected chi connectivity index (χ4v) is 2.95. The molecule has 2 aliphatic rings. The Bertz CT molecular complexity index is 498. The molecule has 0 bridgehead atoms. The molecule has 108 valence electrons. The minimum absolute atomic E-state index is 0.464. The minimum Gasteiger partial charge on any atom is -0.478 e. The van der Waals surface area contributed by atoms with E-state index in [0.29, 0.717) is 19.8 Å². The van der Waals surface area contributed by atoms with Crippen LogP contribution in [0.2, 0.25) is 0 Å². The van der Waals surface area contributed by atoms with Crippen molar-refractivity contribution in [3.63, 3.8) is 0 Å². The van der Waals surface area contributed by atoms with E-state index in [9.17, 15) is 4.79 Å². The van der Waals surface area contributed by atoms with E-state index in [2.05, 4.69) is 4.90 Å². The van der Waals surface area contributed by atoms with Gasteiger partial charge in [0.05, 0.1) is 0 Å². The Kier molecular flexibility index (Phi) is 3.78. The van der Waals surface area contributed by atoms with Gasteiger partial charge in [0.2, 0.25) is 0 Å². The maximum absolute atomic E-state index is 11.0. The molecule has 0 spiro atoms. The number of carbonyl (C=O) groups is 1. The van der Waals surface area contributed by atoms with Crippen molar-refractivity contribution in [3.05, 3.63) is 29.3 Å². The Morgan fingerprint density at radius 1 is 1.25 bits per heavy atom. The maximum atomic E-state index is 11.0. The first kappa shape index (κ1) is 13.2. The maximum Gasteiger partial charge on any atom is 0.407 e. The van der Waals surface area contributed by atoms with Crippen LogP contribution in [-0.4, -0.2) is 47.4 Å². The standard InChI is InChI=1S/C15H20N2O3/c18-15(19)17-9-6-13-12(10-17)4-3-5-14(13)20-11-16-7-1-2-8-16/h3-5H,1-2,6-11H2,(H,18,19). The van der Waals surface area contributed by atoms with Crippen LogP contribution in [-0.2, 0) is 13.0 Å². The average Bonchev–Trinajstić information content (AvgIpc) is 2.97. The Hall–Kier alpha value is -1.75. The fourth-order valence-electron chi connectivity index (χ4n) is 2.95. The van der Waals surface area contributed by atoms with Gasteiger partial charge in [-0.2, -0.15) is 0 Å². The summed E-state index contributed by atoms with van der Waals surface area (Å²) in [6.07, 6.45) is 2.39. The summed E-state index contributed by atoms with van der Waals surface area (Å²) in [5.41, 5.74) is 2.24. The van der Waals surface area contributed by atoms with Crippen LogP contribution in [0.25, 0.3) is 0 Å². The molecule has 0 aliphatic carbocycles. The number of benzene rings is 1. The van der Waals surface area contributed by atoms with E-state index in [-0.39, 0.29) is 0 Å². The molecule has 2 aliphatic heterocycles. The molecule has 5 nitrogen and oxygen atoms in total. The third kappa shape index (κ3) is 2.72. The summed E-state index contributed by atoms with van der Waals surface area (Å²) in [7, 11) is 0. The highest BCUT2D eigenvalue weighted by atomic mass is 16.5. The lowest BCUT2D eigenvalue weighted by Crippen LogP contribution is -2.35. The minimum atomic E-state index is -0.848. The number of fused-ring (bicyclic) bond motifs is 1. The molecule has 3 rings (SSSR count).